The van der Waals surface area contributed by atoms with Crippen molar-refractivity contribution in [1.29, 1.82) is 0 Å². The normalized spacial score (nSPS) is 19.4. The zero-order valence-corrected chi connectivity index (χ0v) is 20.7. The average Bonchev–Trinajstić information content (AvgIpc) is 2.90. The summed E-state index contributed by atoms with van der Waals surface area (Å²) < 4.78 is 51.9. The molecule has 0 aromatic heterocycles. The number of rotatable bonds is 10. The lowest BCUT2D eigenvalue weighted by Gasteiger charge is -2.36. The summed E-state index contributed by atoms with van der Waals surface area (Å²) in [5.41, 5.74) is 1.10. The molecule has 1 aliphatic rings. The molecular weight excluding hydrogens is 461 g/mol. The Hall–Kier alpha value is -2.65. The van der Waals surface area contributed by atoms with Crippen molar-refractivity contribution in [2.45, 2.75) is 51.0 Å². The van der Waals surface area contributed by atoms with Gasteiger partial charge in [-0.15, -0.1) is 0 Å². The van der Waals surface area contributed by atoms with Gasteiger partial charge in [0.05, 0.1) is 30.1 Å². The van der Waals surface area contributed by atoms with E-state index in [-0.39, 0.29) is 23.1 Å². The first-order chi connectivity index (χ1) is 16.1. The topological polar surface area (TPSA) is 93.1 Å². The third-order valence-corrected chi connectivity index (χ3v) is 8.40. The molecule has 1 atom stereocenters. The molecule has 0 aliphatic carbocycles. The van der Waals surface area contributed by atoms with Gasteiger partial charge in [0.15, 0.2) is 9.84 Å². The van der Waals surface area contributed by atoms with Gasteiger partial charge in [-0.2, -0.15) is 0 Å². The van der Waals surface area contributed by atoms with Gasteiger partial charge in [-0.25, -0.2) is 17.6 Å². The molecule has 0 bridgehead atoms. The highest BCUT2D eigenvalue weighted by molar-refractivity contribution is 7.91. The second kappa shape index (κ2) is 10.7. The Kier molecular flexibility index (Phi) is 8.20. The van der Waals surface area contributed by atoms with Crippen molar-refractivity contribution in [3.8, 4) is 5.75 Å². The highest BCUT2D eigenvalue weighted by atomic mass is 32.2. The van der Waals surface area contributed by atoms with E-state index in [0.29, 0.717) is 35.7 Å². The molecule has 0 spiro atoms. The molecule has 7 nitrogen and oxygen atoms in total. The number of sulfone groups is 1. The Labute approximate surface area is 200 Å². The molecule has 186 valence electrons. The van der Waals surface area contributed by atoms with Gasteiger partial charge in [0.1, 0.15) is 18.2 Å². The van der Waals surface area contributed by atoms with Crippen LogP contribution in [-0.4, -0.2) is 45.5 Å². The van der Waals surface area contributed by atoms with Crippen LogP contribution in [-0.2, 0) is 26.0 Å². The lowest BCUT2D eigenvalue weighted by molar-refractivity contribution is -0.142. The van der Waals surface area contributed by atoms with Crippen molar-refractivity contribution < 1.29 is 32.2 Å². The van der Waals surface area contributed by atoms with E-state index in [4.69, 9.17) is 14.6 Å². The monoisotopic (exact) mass is 493 g/mol. The van der Waals surface area contributed by atoms with E-state index in [1.807, 2.05) is 11.8 Å². The quantitative estimate of drug-likeness (QED) is 0.501. The summed E-state index contributed by atoms with van der Waals surface area (Å²) in [7, 11) is -2.24. The Balaban J connectivity index is 2.19. The lowest BCUT2D eigenvalue weighted by atomic mass is 9.81. The molecule has 0 radical (unpaired) electrons. The van der Waals surface area contributed by atoms with E-state index in [0.717, 1.165) is 19.3 Å². The number of nitrogens with zero attached hydrogens (tertiary/aromatic N) is 1. The number of halogens is 1. The standard InChI is InChI=1S/C25H32FNO6S/c1-4-6-11-25(5-2)16-27(20-9-7-19(26)8-10-20)21-13-22(32-3)18(14-33-15-24(28)29)12-23(21)34(30,31)17-25/h7-10,12-13H,4-6,11,14-17H2,1-3H3,(H,28,29)/t25-/m1/s1. The Morgan fingerprint density at radius 1 is 1.21 bits per heavy atom. The van der Waals surface area contributed by atoms with Crippen LogP contribution in [0.25, 0.3) is 0 Å². The third-order valence-electron chi connectivity index (χ3n) is 6.41. The third kappa shape index (κ3) is 5.70. The maximum absolute atomic E-state index is 13.7. The van der Waals surface area contributed by atoms with Crippen LogP contribution in [0.5, 0.6) is 5.75 Å². The van der Waals surface area contributed by atoms with E-state index in [1.165, 1.54) is 25.3 Å². The fraction of sp³-hybridized carbons (Fsp3) is 0.480. The van der Waals surface area contributed by atoms with Gasteiger partial charge in [-0.05, 0) is 43.2 Å². The number of fused-ring (bicyclic) bond motifs is 1. The minimum absolute atomic E-state index is 0.0110. The van der Waals surface area contributed by atoms with E-state index in [1.54, 1.807) is 18.2 Å². The smallest absolute Gasteiger partial charge is 0.329 e. The molecule has 0 fully saturated rings. The second-order valence-electron chi connectivity index (χ2n) is 8.80. The number of anilines is 2. The number of hydrogen-bond acceptors (Lipinski definition) is 6. The fourth-order valence-electron chi connectivity index (χ4n) is 4.49. The number of carboxylic acids is 1. The predicted molar refractivity (Wildman–Crippen MR) is 128 cm³/mol. The predicted octanol–water partition coefficient (Wildman–Crippen LogP) is 4.95. The Morgan fingerprint density at radius 2 is 1.91 bits per heavy atom. The number of unbranched alkanes of at least 4 members (excludes halogenated alkanes) is 1. The van der Waals surface area contributed by atoms with E-state index in [2.05, 4.69) is 6.92 Å². The highest BCUT2D eigenvalue weighted by Crippen LogP contribution is 2.46. The first-order valence-corrected chi connectivity index (χ1v) is 13.1. The van der Waals surface area contributed by atoms with Crippen LogP contribution in [0.3, 0.4) is 0 Å². The van der Waals surface area contributed by atoms with Crippen LogP contribution in [0.2, 0.25) is 0 Å². The molecule has 1 heterocycles. The first kappa shape index (κ1) is 26.0. The molecule has 3 rings (SSSR count). The molecule has 0 saturated carbocycles. The van der Waals surface area contributed by atoms with Gasteiger partial charge in [0, 0.05) is 29.3 Å². The molecule has 2 aromatic carbocycles. The largest absolute Gasteiger partial charge is 0.496 e. The SMILES string of the molecule is CCCC[C@]1(CC)CN(c2ccc(F)cc2)c2cc(OC)c(COCC(=O)O)cc2S(=O)(=O)C1. The molecule has 1 N–H and O–H groups in total. The van der Waals surface area contributed by atoms with E-state index < -0.39 is 27.8 Å². The number of aliphatic carboxylic acids is 1. The van der Waals surface area contributed by atoms with Crippen LogP contribution in [0.1, 0.15) is 45.1 Å². The molecule has 2 aromatic rings. The van der Waals surface area contributed by atoms with Crippen LogP contribution in [0.15, 0.2) is 41.3 Å². The Morgan fingerprint density at radius 3 is 2.50 bits per heavy atom. The molecule has 0 unspecified atom stereocenters. The number of ether oxygens (including phenoxy) is 2. The van der Waals surface area contributed by atoms with Crippen LogP contribution in [0.4, 0.5) is 15.8 Å². The average molecular weight is 494 g/mol. The Bertz CT molecular complexity index is 1120. The summed E-state index contributed by atoms with van der Waals surface area (Å²) in [6.45, 7) is 3.93. The van der Waals surface area contributed by atoms with Crippen molar-refractivity contribution >= 4 is 27.2 Å². The van der Waals surface area contributed by atoms with Gasteiger partial charge in [-0.1, -0.05) is 26.7 Å². The first-order valence-electron chi connectivity index (χ1n) is 11.4. The molecule has 1 aliphatic heterocycles. The minimum Gasteiger partial charge on any atom is -0.496 e. The van der Waals surface area contributed by atoms with Crippen molar-refractivity contribution in [2.24, 2.45) is 5.41 Å². The molecular formula is C25H32FNO6S. The van der Waals surface area contributed by atoms with Crippen molar-refractivity contribution in [3.05, 3.63) is 47.8 Å². The summed E-state index contributed by atoms with van der Waals surface area (Å²) >= 11 is 0. The minimum atomic E-state index is -3.71. The molecule has 9 heteroatoms. The van der Waals surface area contributed by atoms with E-state index in [9.17, 15) is 17.6 Å². The summed E-state index contributed by atoms with van der Waals surface area (Å²) in [6.07, 6.45) is 3.26. The van der Waals surface area contributed by atoms with Crippen LogP contribution < -0.4 is 9.64 Å². The van der Waals surface area contributed by atoms with Crippen LogP contribution in [0, 0.1) is 11.2 Å². The summed E-state index contributed by atoms with van der Waals surface area (Å²) in [6, 6.07) is 9.19. The summed E-state index contributed by atoms with van der Waals surface area (Å²) in [5, 5.41) is 8.88. The van der Waals surface area contributed by atoms with Crippen molar-refractivity contribution in [1.82, 2.24) is 0 Å². The fourth-order valence-corrected chi connectivity index (χ4v) is 6.71. The second-order valence-corrected chi connectivity index (χ2v) is 10.8. The van der Waals surface area contributed by atoms with Crippen molar-refractivity contribution in [2.75, 3.05) is 30.9 Å². The summed E-state index contributed by atoms with van der Waals surface area (Å²) in [4.78, 5) is 12.9. The van der Waals surface area contributed by atoms with Gasteiger partial charge in [0.2, 0.25) is 0 Å². The van der Waals surface area contributed by atoms with Crippen molar-refractivity contribution in [3.63, 3.8) is 0 Å². The summed E-state index contributed by atoms with van der Waals surface area (Å²) in [5.74, 6) is -1.11. The highest BCUT2D eigenvalue weighted by Gasteiger charge is 2.41. The van der Waals surface area contributed by atoms with Gasteiger partial charge in [-0.3, -0.25) is 0 Å². The zero-order chi connectivity index (χ0) is 24.9. The number of carbonyl (C=O) groups is 1. The number of carboxylic acid groups (broad SMARTS) is 1. The zero-order valence-electron chi connectivity index (χ0n) is 19.8. The number of benzene rings is 2. The van der Waals surface area contributed by atoms with Gasteiger partial charge in [0.25, 0.3) is 0 Å². The van der Waals surface area contributed by atoms with E-state index >= 15 is 0 Å². The number of hydrogen-bond donors (Lipinski definition) is 1. The maximum Gasteiger partial charge on any atom is 0.329 e. The van der Waals surface area contributed by atoms with Gasteiger partial charge >= 0.3 is 5.97 Å². The maximum atomic E-state index is 13.7. The molecule has 34 heavy (non-hydrogen) atoms. The van der Waals surface area contributed by atoms with Crippen LogP contribution >= 0.6 is 0 Å². The van der Waals surface area contributed by atoms with Gasteiger partial charge < -0.3 is 19.5 Å². The lowest BCUT2D eigenvalue weighted by Crippen LogP contribution is -2.37. The number of methoxy groups -OCH3 is 1. The molecule has 0 saturated heterocycles. The molecule has 0 amide bonds.